The third kappa shape index (κ3) is 3.86. The number of aryl methyl sites for hydroxylation is 1. The van der Waals surface area contributed by atoms with Gasteiger partial charge in [-0.25, -0.2) is 9.59 Å². The molecule has 0 aliphatic heterocycles. The van der Waals surface area contributed by atoms with Crippen LogP contribution in [0, 0.1) is 6.92 Å². The summed E-state index contributed by atoms with van der Waals surface area (Å²) >= 11 is 1.22. The number of aromatic amines is 1. The number of hydrogen-bond acceptors (Lipinski definition) is 5. The van der Waals surface area contributed by atoms with Gasteiger partial charge in [-0.3, -0.25) is 0 Å². The van der Waals surface area contributed by atoms with E-state index >= 15 is 0 Å². The fourth-order valence-corrected chi connectivity index (χ4v) is 2.37. The van der Waals surface area contributed by atoms with Crippen molar-refractivity contribution >= 4 is 17.7 Å². The van der Waals surface area contributed by atoms with Crippen molar-refractivity contribution in [3.63, 3.8) is 0 Å². The maximum absolute atomic E-state index is 11.2. The van der Waals surface area contributed by atoms with Gasteiger partial charge in [-0.1, -0.05) is 0 Å². The van der Waals surface area contributed by atoms with E-state index in [0.29, 0.717) is 17.9 Å². The predicted molar refractivity (Wildman–Crippen MR) is 63.6 cm³/mol. The van der Waals surface area contributed by atoms with Crippen LogP contribution in [0.3, 0.4) is 0 Å². The zero-order chi connectivity index (χ0) is 12.8. The van der Waals surface area contributed by atoms with Crippen molar-refractivity contribution in [2.45, 2.75) is 24.8 Å². The molecular weight excluding hydrogens is 244 g/mol. The first-order chi connectivity index (χ1) is 8.06. The van der Waals surface area contributed by atoms with Gasteiger partial charge in [0.05, 0.1) is 0 Å². The highest BCUT2D eigenvalue weighted by molar-refractivity contribution is 7.99. The molecule has 1 aromatic heterocycles. The average molecular weight is 258 g/mol. The van der Waals surface area contributed by atoms with Crippen LogP contribution in [0.1, 0.15) is 28.9 Å². The van der Waals surface area contributed by atoms with Crippen molar-refractivity contribution in [2.24, 2.45) is 0 Å². The van der Waals surface area contributed by atoms with E-state index in [1.165, 1.54) is 18.7 Å². The predicted octanol–water partition coefficient (Wildman–Crippen LogP) is 0.641. The molecule has 1 rings (SSSR count). The van der Waals surface area contributed by atoms with Gasteiger partial charge in [-0.15, -0.1) is 11.8 Å². The maximum Gasteiger partial charge on any atom is 0.346 e. The molecule has 0 saturated carbocycles. The second-order valence-electron chi connectivity index (χ2n) is 3.43. The lowest BCUT2D eigenvalue weighted by atomic mass is 10.2. The van der Waals surface area contributed by atoms with Crippen LogP contribution in [0.5, 0.6) is 0 Å². The number of carboxylic acids is 1. The highest BCUT2D eigenvalue weighted by Crippen LogP contribution is 2.21. The molecule has 17 heavy (non-hydrogen) atoms. The fraction of sp³-hybridized carbons (Fsp3) is 0.500. The summed E-state index contributed by atoms with van der Waals surface area (Å²) < 4.78 is 0. The first-order valence-corrected chi connectivity index (χ1v) is 6.12. The molecule has 0 aliphatic carbocycles. The number of nitrogens with one attached hydrogen (secondary N) is 1. The number of hydrogen-bond donors (Lipinski definition) is 3. The molecule has 7 heteroatoms. The van der Waals surface area contributed by atoms with Crippen molar-refractivity contribution < 1.29 is 15.0 Å². The van der Waals surface area contributed by atoms with Gasteiger partial charge in [0.15, 0.2) is 0 Å². The lowest BCUT2D eigenvalue weighted by molar-refractivity contribution is 0.0690. The van der Waals surface area contributed by atoms with Crippen LogP contribution in [-0.4, -0.2) is 38.5 Å². The monoisotopic (exact) mass is 258 g/mol. The summed E-state index contributed by atoms with van der Waals surface area (Å²) in [7, 11) is 0. The van der Waals surface area contributed by atoms with Crippen LogP contribution in [0.25, 0.3) is 0 Å². The van der Waals surface area contributed by atoms with Gasteiger partial charge >= 0.3 is 11.7 Å². The second kappa shape index (κ2) is 6.41. The van der Waals surface area contributed by atoms with Gasteiger partial charge in [-0.05, 0) is 25.5 Å². The Morgan fingerprint density at radius 3 is 2.76 bits per heavy atom. The van der Waals surface area contributed by atoms with Crippen LogP contribution in [0.15, 0.2) is 9.82 Å². The fourth-order valence-electron chi connectivity index (χ4n) is 1.30. The molecule has 94 valence electrons. The van der Waals surface area contributed by atoms with Gasteiger partial charge in [0, 0.05) is 12.3 Å². The van der Waals surface area contributed by atoms with Crippen molar-refractivity contribution in [3.8, 4) is 0 Å². The first kappa shape index (κ1) is 13.7. The van der Waals surface area contributed by atoms with E-state index in [9.17, 15) is 9.59 Å². The summed E-state index contributed by atoms with van der Waals surface area (Å²) in [6.07, 6.45) is 1.39. The molecular formula is C10H14N2O4S. The van der Waals surface area contributed by atoms with Crippen molar-refractivity contribution in [1.82, 2.24) is 9.97 Å². The molecule has 0 aliphatic rings. The van der Waals surface area contributed by atoms with Crippen molar-refractivity contribution in [2.75, 3.05) is 12.4 Å². The minimum atomic E-state index is -1.10. The summed E-state index contributed by atoms with van der Waals surface area (Å²) in [5.74, 6) is -0.479. The number of aliphatic hydroxyl groups excluding tert-OH is 1. The van der Waals surface area contributed by atoms with Crippen LogP contribution in [0.4, 0.5) is 0 Å². The van der Waals surface area contributed by atoms with Gasteiger partial charge in [0.2, 0.25) is 0 Å². The number of carboxylic acid groups (broad SMARTS) is 1. The quantitative estimate of drug-likeness (QED) is 0.393. The summed E-state index contributed by atoms with van der Waals surface area (Å²) in [6.45, 7) is 1.64. The molecule has 0 aromatic carbocycles. The Hall–Kier alpha value is -1.34. The number of aromatic carboxylic acids is 1. The van der Waals surface area contributed by atoms with Gasteiger partial charge in [0.25, 0.3) is 0 Å². The van der Waals surface area contributed by atoms with Crippen LogP contribution in [0.2, 0.25) is 0 Å². The summed E-state index contributed by atoms with van der Waals surface area (Å²) in [6, 6.07) is 0. The second-order valence-corrected chi connectivity index (χ2v) is 4.52. The Kier molecular flexibility index (Phi) is 5.17. The normalized spacial score (nSPS) is 10.5. The Bertz CT molecular complexity index is 458. The number of nitrogens with zero attached hydrogens (tertiary/aromatic N) is 1. The molecule has 1 heterocycles. The highest BCUT2D eigenvalue weighted by atomic mass is 32.2. The van der Waals surface area contributed by atoms with E-state index < -0.39 is 11.7 Å². The molecule has 0 saturated heterocycles. The SMILES string of the molecule is Cc1[nH]c(=O)nc(SCCCCO)c1C(=O)O. The third-order valence-corrected chi connectivity index (χ3v) is 3.15. The van der Waals surface area contributed by atoms with Gasteiger partial charge in [-0.2, -0.15) is 4.98 Å². The summed E-state index contributed by atoms with van der Waals surface area (Å²) in [5.41, 5.74) is -0.196. The zero-order valence-electron chi connectivity index (χ0n) is 9.39. The largest absolute Gasteiger partial charge is 0.478 e. The Labute approximate surface area is 102 Å². The van der Waals surface area contributed by atoms with Crippen molar-refractivity contribution in [1.29, 1.82) is 0 Å². The van der Waals surface area contributed by atoms with Gasteiger partial charge in [0.1, 0.15) is 10.6 Å². The summed E-state index contributed by atoms with van der Waals surface area (Å²) in [5, 5.41) is 17.9. The van der Waals surface area contributed by atoms with Gasteiger partial charge < -0.3 is 15.2 Å². The molecule has 0 fully saturated rings. The number of carbonyl (C=O) groups is 1. The number of aromatic nitrogens is 2. The Morgan fingerprint density at radius 1 is 1.47 bits per heavy atom. The number of thioether (sulfide) groups is 1. The lowest BCUT2D eigenvalue weighted by Crippen LogP contribution is -2.18. The molecule has 3 N–H and O–H groups in total. The van der Waals surface area contributed by atoms with E-state index in [2.05, 4.69) is 9.97 Å². The van der Waals surface area contributed by atoms with E-state index in [4.69, 9.17) is 10.2 Å². The van der Waals surface area contributed by atoms with Crippen LogP contribution < -0.4 is 5.69 Å². The smallest absolute Gasteiger partial charge is 0.346 e. The van der Waals surface area contributed by atoms with Crippen LogP contribution in [-0.2, 0) is 0 Å². The maximum atomic E-state index is 11.2. The molecule has 1 aromatic rings. The molecule has 0 bridgehead atoms. The number of H-pyrrole nitrogens is 1. The van der Waals surface area contributed by atoms with E-state index in [-0.39, 0.29) is 17.2 Å². The third-order valence-electron chi connectivity index (χ3n) is 2.09. The molecule has 0 amide bonds. The molecule has 0 unspecified atom stereocenters. The summed E-state index contributed by atoms with van der Waals surface area (Å²) in [4.78, 5) is 28.2. The molecule has 0 spiro atoms. The highest BCUT2D eigenvalue weighted by Gasteiger charge is 2.16. The standard InChI is InChI=1S/C10H14N2O4S/c1-6-7(9(14)15)8(12-10(16)11-6)17-5-3-2-4-13/h13H,2-5H2,1H3,(H,14,15)(H,11,12,16). The van der Waals surface area contributed by atoms with E-state index in [1.54, 1.807) is 0 Å². The lowest BCUT2D eigenvalue weighted by Gasteiger charge is -2.06. The number of unbranched alkanes of at least 4 members (excludes halogenated alkanes) is 1. The Morgan fingerprint density at radius 2 is 2.18 bits per heavy atom. The number of rotatable bonds is 6. The average Bonchev–Trinajstić information content (AvgIpc) is 2.22. The minimum absolute atomic E-state index is 0.0404. The van der Waals surface area contributed by atoms with Crippen LogP contribution >= 0.6 is 11.8 Å². The molecule has 0 radical (unpaired) electrons. The molecule has 0 atom stereocenters. The first-order valence-electron chi connectivity index (χ1n) is 5.14. The minimum Gasteiger partial charge on any atom is -0.478 e. The van der Waals surface area contributed by atoms with E-state index in [0.717, 1.165) is 6.42 Å². The number of aliphatic hydroxyl groups is 1. The van der Waals surface area contributed by atoms with E-state index in [1.807, 2.05) is 0 Å². The molecule has 6 nitrogen and oxygen atoms in total. The van der Waals surface area contributed by atoms with Crippen molar-refractivity contribution in [3.05, 3.63) is 21.7 Å². The Balaban J connectivity index is 2.89. The topological polar surface area (TPSA) is 103 Å². The zero-order valence-corrected chi connectivity index (χ0v) is 10.2.